The fraction of sp³-hybridized carbons (Fsp3) is 0.238. The number of rotatable bonds is 4. The van der Waals surface area contributed by atoms with Crippen LogP contribution in [0.2, 0.25) is 0 Å². The summed E-state index contributed by atoms with van der Waals surface area (Å²) in [5.74, 6) is 0.0542. The van der Waals surface area contributed by atoms with E-state index in [1.165, 1.54) is 0 Å². The third-order valence-electron chi connectivity index (χ3n) is 3.88. The first-order valence-electron chi connectivity index (χ1n) is 8.32. The molecule has 25 heavy (non-hydrogen) atoms. The molecule has 1 heterocycles. The molecule has 1 aromatic heterocycles. The first kappa shape index (κ1) is 17.4. The molecule has 128 valence electrons. The Labute approximate surface area is 152 Å². The topological polar surface area (TPSA) is 42.0 Å². The highest BCUT2D eigenvalue weighted by molar-refractivity contribution is 7.13. The standard InChI is InChI=1S/C21H22N2OS/c1-21(2,3)20(24)22-13-15-8-7-11-17(12-15)19-23-18(14-25-19)16-9-5-4-6-10-16/h4-12,14H,13H2,1-3H3,(H,22,24). The number of hydrogen-bond acceptors (Lipinski definition) is 3. The molecule has 1 N–H and O–H groups in total. The van der Waals surface area contributed by atoms with Gasteiger partial charge in [0, 0.05) is 28.5 Å². The van der Waals surface area contributed by atoms with Crippen molar-refractivity contribution in [1.82, 2.24) is 10.3 Å². The number of thiazole rings is 1. The summed E-state index contributed by atoms with van der Waals surface area (Å²) in [5, 5.41) is 6.06. The molecule has 0 aliphatic heterocycles. The molecule has 0 saturated heterocycles. The van der Waals surface area contributed by atoms with E-state index in [0.29, 0.717) is 6.54 Å². The van der Waals surface area contributed by atoms with Gasteiger partial charge >= 0.3 is 0 Å². The molecule has 4 heteroatoms. The van der Waals surface area contributed by atoms with E-state index >= 15 is 0 Å². The molecule has 0 radical (unpaired) electrons. The number of nitrogens with zero attached hydrogens (tertiary/aromatic N) is 1. The maximum absolute atomic E-state index is 12.0. The highest BCUT2D eigenvalue weighted by Crippen LogP contribution is 2.29. The van der Waals surface area contributed by atoms with E-state index < -0.39 is 0 Å². The van der Waals surface area contributed by atoms with Crippen molar-refractivity contribution < 1.29 is 4.79 Å². The Hall–Kier alpha value is -2.46. The second kappa shape index (κ2) is 7.19. The van der Waals surface area contributed by atoms with Gasteiger partial charge in [-0.2, -0.15) is 0 Å². The number of hydrogen-bond donors (Lipinski definition) is 1. The van der Waals surface area contributed by atoms with Crippen LogP contribution in [0.15, 0.2) is 60.0 Å². The molecule has 0 fully saturated rings. The van der Waals surface area contributed by atoms with Crippen LogP contribution in [-0.2, 0) is 11.3 Å². The molecule has 0 unspecified atom stereocenters. The Balaban J connectivity index is 1.76. The first-order valence-corrected chi connectivity index (χ1v) is 9.20. The van der Waals surface area contributed by atoms with Crippen LogP contribution in [0.1, 0.15) is 26.3 Å². The predicted molar refractivity (Wildman–Crippen MR) is 104 cm³/mol. The lowest BCUT2D eigenvalue weighted by atomic mass is 9.95. The number of amides is 1. The normalized spacial score (nSPS) is 11.3. The third kappa shape index (κ3) is 4.34. The summed E-state index contributed by atoms with van der Waals surface area (Å²) in [5.41, 5.74) is 3.89. The monoisotopic (exact) mass is 350 g/mol. The van der Waals surface area contributed by atoms with E-state index in [2.05, 4.69) is 35.0 Å². The van der Waals surface area contributed by atoms with Crippen molar-refractivity contribution in [1.29, 1.82) is 0 Å². The van der Waals surface area contributed by atoms with Gasteiger partial charge in [-0.15, -0.1) is 11.3 Å². The molecule has 1 amide bonds. The van der Waals surface area contributed by atoms with E-state index in [9.17, 15) is 4.79 Å². The Kier molecular flexibility index (Phi) is 5.00. The van der Waals surface area contributed by atoms with Gasteiger partial charge in [0.25, 0.3) is 0 Å². The maximum atomic E-state index is 12.0. The molecule has 0 aliphatic rings. The Morgan fingerprint density at radius 3 is 2.48 bits per heavy atom. The summed E-state index contributed by atoms with van der Waals surface area (Å²) >= 11 is 1.64. The summed E-state index contributed by atoms with van der Waals surface area (Å²) in [6, 6.07) is 18.4. The molecule has 0 atom stereocenters. The fourth-order valence-corrected chi connectivity index (χ4v) is 3.24. The smallest absolute Gasteiger partial charge is 0.225 e. The van der Waals surface area contributed by atoms with E-state index in [-0.39, 0.29) is 11.3 Å². The van der Waals surface area contributed by atoms with Gasteiger partial charge in [0.1, 0.15) is 5.01 Å². The zero-order valence-electron chi connectivity index (χ0n) is 14.7. The molecule has 3 aromatic rings. The second-order valence-corrected chi connectivity index (χ2v) is 7.90. The zero-order chi connectivity index (χ0) is 17.9. The van der Waals surface area contributed by atoms with Gasteiger partial charge in [-0.05, 0) is 11.6 Å². The molecular formula is C21H22N2OS. The van der Waals surface area contributed by atoms with Crippen molar-refractivity contribution in [2.75, 3.05) is 0 Å². The lowest BCUT2D eigenvalue weighted by molar-refractivity contribution is -0.128. The van der Waals surface area contributed by atoms with Crippen LogP contribution in [0.5, 0.6) is 0 Å². The van der Waals surface area contributed by atoms with Gasteiger partial charge in [0.2, 0.25) is 5.91 Å². The third-order valence-corrected chi connectivity index (χ3v) is 4.77. The van der Waals surface area contributed by atoms with Crippen LogP contribution in [0.3, 0.4) is 0 Å². The van der Waals surface area contributed by atoms with Crippen LogP contribution in [0.4, 0.5) is 0 Å². The Morgan fingerprint density at radius 1 is 1.04 bits per heavy atom. The molecular weight excluding hydrogens is 328 g/mol. The first-order chi connectivity index (χ1) is 11.9. The van der Waals surface area contributed by atoms with Crippen LogP contribution in [0.25, 0.3) is 21.8 Å². The van der Waals surface area contributed by atoms with Gasteiger partial charge in [-0.3, -0.25) is 4.79 Å². The minimum absolute atomic E-state index is 0.0542. The van der Waals surface area contributed by atoms with Crippen molar-refractivity contribution in [2.24, 2.45) is 5.41 Å². The van der Waals surface area contributed by atoms with Crippen LogP contribution < -0.4 is 5.32 Å². The molecule has 3 nitrogen and oxygen atoms in total. The molecule has 0 aliphatic carbocycles. The number of carbonyl (C=O) groups excluding carboxylic acids is 1. The Bertz CT molecular complexity index is 863. The van der Waals surface area contributed by atoms with E-state index in [0.717, 1.165) is 27.4 Å². The highest BCUT2D eigenvalue weighted by atomic mass is 32.1. The molecule has 0 bridgehead atoms. The summed E-state index contributed by atoms with van der Waals surface area (Å²) < 4.78 is 0. The zero-order valence-corrected chi connectivity index (χ0v) is 15.6. The van der Waals surface area contributed by atoms with Gasteiger partial charge in [0.15, 0.2) is 0 Å². The number of carbonyl (C=O) groups is 1. The van der Waals surface area contributed by atoms with Gasteiger partial charge in [0.05, 0.1) is 5.69 Å². The lowest BCUT2D eigenvalue weighted by Crippen LogP contribution is -2.34. The van der Waals surface area contributed by atoms with Crippen molar-refractivity contribution in [3.05, 3.63) is 65.5 Å². The lowest BCUT2D eigenvalue weighted by Gasteiger charge is -2.17. The summed E-state index contributed by atoms with van der Waals surface area (Å²) in [7, 11) is 0. The number of nitrogens with one attached hydrogen (secondary N) is 1. The quantitative estimate of drug-likeness (QED) is 0.708. The summed E-state index contributed by atoms with van der Waals surface area (Å²) in [6.45, 7) is 6.28. The SMILES string of the molecule is CC(C)(C)C(=O)NCc1cccc(-c2nc(-c3ccccc3)cs2)c1. The summed E-state index contributed by atoms with van der Waals surface area (Å²) in [4.78, 5) is 16.8. The van der Waals surface area contributed by atoms with Gasteiger partial charge in [-0.25, -0.2) is 4.98 Å². The minimum atomic E-state index is -0.377. The highest BCUT2D eigenvalue weighted by Gasteiger charge is 2.20. The van der Waals surface area contributed by atoms with Crippen molar-refractivity contribution >= 4 is 17.2 Å². The van der Waals surface area contributed by atoms with Crippen LogP contribution in [0, 0.1) is 5.41 Å². The molecule has 3 rings (SSSR count). The van der Waals surface area contributed by atoms with E-state index in [1.54, 1.807) is 11.3 Å². The van der Waals surface area contributed by atoms with E-state index in [4.69, 9.17) is 4.98 Å². The number of benzene rings is 2. The van der Waals surface area contributed by atoms with Crippen molar-refractivity contribution in [2.45, 2.75) is 27.3 Å². The van der Waals surface area contributed by atoms with Gasteiger partial charge in [-0.1, -0.05) is 69.3 Å². The Morgan fingerprint density at radius 2 is 1.76 bits per heavy atom. The van der Waals surface area contributed by atoms with Crippen LogP contribution in [-0.4, -0.2) is 10.9 Å². The molecule has 0 saturated carbocycles. The second-order valence-electron chi connectivity index (χ2n) is 7.04. The van der Waals surface area contributed by atoms with Gasteiger partial charge < -0.3 is 5.32 Å². The number of aromatic nitrogens is 1. The molecule has 0 spiro atoms. The average molecular weight is 350 g/mol. The van der Waals surface area contributed by atoms with Crippen LogP contribution >= 0.6 is 11.3 Å². The fourth-order valence-electron chi connectivity index (χ4n) is 2.41. The maximum Gasteiger partial charge on any atom is 0.225 e. The van der Waals surface area contributed by atoms with E-state index in [1.807, 2.05) is 51.1 Å². The average Bonchev–Trinajstić information content (AvgIpc) is 3.10. The minimum Gasteiger partial charge on any atom is -0.352 e. The largest absolute Gasteiger partial charge is 0.352 e. The van der Waals surface area contributed by atoms with Crippen molar-refractivity contribution in [3.63, 3.8) is 0 Å². The predicted octanol–water partition coefficient (Wildman–Crippen LogP) is 5.14. The van der Waals surface area contributed by atoms with Crippen molar-refractivity contribution in [3.8, 4) is 21.8 Å². The molecule has 2 aromatic carbocycles. The summed E-state index contributed by atoms with van der Waals surface area (Å²) in [6.07, 6.45) is 0.